The highest BCUT2D eigenvalue weighted by Gasteiger charge is 2.27. The van der Waals surface area contributed by atoms with E-state index in [2.05, 4.69) is 25.2 Å². The first-order valence-electron chi connectivity index (χ1n) is 8.43. The molecule has 0 spiro atoms. The minimum Gasteiger partial charge on any atom is -0.373 e. The van der Waals surface area contributed by atoms with Crippen LogP contribution in [0.15, 0.2) is 6.07 Å². The van der Waals surface area contributed by atoms with Gasteiger partial charge in [0.1, 0.15) is 11.9 Å². The molecule has 0 aromatic carbocycles. The number of rotatable bonds is 7. The number of hydrogen-bond acceptors (Lipinski definition) is 4. The highest BCUT2D eigenvalue weighted by atomic mass is 16.5. The van der Waals surface area contributed by atoms with Crippen molar-refractivity contribution in [3.05, 3.63) is 17.6 Å². The molecule has 0 amide bonds. The Morgan fingerprint density at radius 3 is 2.62 bits per heavy atom. The van der Waals surface area contributed by atoms with E-state index in [1.165, 1.54) is 32.1 Å². The van der Waals surface area contributed by atoms with Crippen LogP contribution in [0.5, 0.6) is 0 Å². The highest BCUT2D eigenvalue weighted by Crippen LogP contribution is 2.35. The second-order valence-corrected chi connectivity index (χ2v) is 5.94. The topological polar surface area (TPSA) is 47.0 Å². The second kappa shape index (κ2) is 8.32. The number of nitrogens with one attached hydrogen (secondary N) is 1. The van der Waals surface area contributed by atoms with E-state index in [4.69, 9.17) is 14.7 Å². The van der Waals surface area contributed by atoms with E-state index >= 15 is 0 Å². The lowest BCUT2D eigenvalue weighted by molar-refractivity contribution is 0.0288. The fourth-order valence-electron chi connectivity index (χ4n) is 3.25. The number of nitrogens with zero attached hydrogens (tertiary/aromatic N) is 2. The van der Waals surface area contributed by atoms with Crippen molar-refractivity contribution in [2.24, 2.45) is 5.92 Å². The molecule has 1 heterocycles. The van der Waals surface area contributed by atoms with E-state index in [1.54, 1.807) is 7.11 Å². The number of methoxy groups -OCH3 is 1. The van der Waals surface area contributed by atoms with E-state index in [0.717, 1.165) is 36.7 Å². The minimum atomic E-state index is 0.0412. The average Bonchev–Trinajstić information content (AvgIpc) is 2.50. The summed E-state index contributed by atoms with van der Waals surface area (Å²) in [6.07, 6.45) is 8.56. The van der Waals surface area contributed by atoms with Gasteiger partial charge in [-0.2, -0.15) is 0 Å². The third-order valence-corrected chi connectivity index (χ3v) is 4.25. The molecule has 0 radical (unpaired) electrons. The molecule has 1 aliphatic rings. The first kappa shape index (κ1) is 16.2. The molecular weight excluding hydrogens is 262 g/mol. The van der Waals surface area contributed by atoms with Crippen LogP contribution in [0.4, 0.5) is 5.82 Å². The van der Waals surface area contributed by atoms with Crippen molar-refractivity contribution in [2.75, 3.05) is 19.0 Å². The molecular formula is C17H29N3O. The molecule has 1 N–H and O–H groups in total. The van der Waals surface area contributed by atoms with Gasteiger partial charge in [0, 0.05) is 25.4 Å². The molecule has 4 heteroatoms. The van der Waals surface area contributed by atoms with Gasteiger partial charge in [-0.05, 0) is 32.1 Å². The molecule has 21 heavy (non-hydrogen) atoms. The summed E-state index contributed by atoms with van der Waals surface area (Å²) in [6.45, 7) is 5.16. The number of aromatic nitrogens is 2. The molecule has 1 aliphatic carbocycles. The molecule has 1 fully saturated rings. The Morgan fingerprint density at radius 2 is 2.00 bits per heavy atom. The van der Waals surface area contributed by atoms with Crippen LogP contribution in [0.3, 0.4) is 0 Å². The predicted molar refractivity (Wildman–Crippen MR) is 86.5 cm³/mol. The van der Waals surface area contributed by atoms with Gasteiger partial charge < -0.3 is 10.1 Å². The van der Waals surface area contributed by atoms with Crippen LogP contribution in [0.2, 0.25) is 0 Å². The molecule has 1 unspecified atom stereocenters. The molecule has 1 atom stereocenters. The molecule has 1 aromatic rings. The Hall–Kier alpha value is -1.16. The maximum atomic E-state index is 5.79. The van der Waals surface area contributed by atoms with Crippen molar-refractivity contribution in [3.63, 3.8) is 0 Å². The summed E-state index contributed by atoms with van der Waals surface area (Å²) in [5, 5.41) is 3.32. The van der Waals surface area contributed by atoms with Crippen molar-refractivity contribution in [2.45, 2.75) is 64.9 Å². The zero-order chi connectivity index (χ0) is 15.1. The molecule has 1 saturated carbocycles. The van der Waals surface area contributed by atoms with Crippen LogP contribution < -0.4 is 5.32 Å². The Morgan fingerprint density at radius 1 is 1.24 bits per heavy atom. The summed E-state index contributed by atoms with van der Waals surface area (Å²) >= 11 is 0. The largest absolute Gasteiger partial charge is 0.373 e. The first-order valence-corrected chi connectivity index (χ1v) is 8.43. The van der Waals surface area contributed by atoms with Crippen molar-refractivity contribution in [1.82, 2.24) is 9.97 Å². The van der Waals surface area contributed by atoms with Crippen LogP contribution in [0, 0.1) is 5.92 Å². The van der Waals surface area contributed by atoms with E-state index < -0.39 is 0 Å². The molecule has 0 aliphatic heterocycles. The number of anilines is 1. The van der Waals surface area contributed by atoms with E-state index in [1.807, 2.05) is 0 Å². The van der Waals surface area contributed by atoms with Crippen molar-refractivity contribution in [3.8, 4) is 0 Å². The monoisotopic (exact) mass is 291 g/mol. The molecule has 2 rings (SSSR count). The molecule has 0 saturated heterocycles. The number of ether oxygens (including phenoxy) is 1. The highest BCUT2D eigenvalue weighted by molar-refractivity contribution is 5.36. The van der Waals surface area contributed by atoms with E-state index in [9.17, 15) is 0 Å². The lowest BCUT2D eigenvalue weighted by atomic mass is 9.85. The summed E-state index contributed by atoms with van der Waals surface area (Å²) < 4.78 is 5.79. The smallest absolute Gasteiger partial charge is 0.159 e. The molecule has 1 aromatic heterocycles. The normalized spacial score (nSPS) is 17.7. The molecule has 118 valence electrons. The molecule has 0 bridgehead atoms. The summed E-state index contributed by atoms with van der Waals surface area (Å²) in [6, 6.07) is 2.07. The number of aryl methyl sites for hydroxylation is 1. The van der Waals surface area contributed by atoms with Crippen LogP contribution >= 0.6 is 0 Å². The van der Waals surface area contributed by atoms with Gasteiger partial charge in [-0.15, -0.1) is 0 Å². The standard InChI is InChI=1S/C17H29N3O/c1-4-9-14-12-15(18-5-2)20-17(19-14)16(21-3)13-10-7-6-8-11-13/h12-13,16H,4-11H2,1-3H3,(H,18,19,20). The van der Waals surface area contributed by atoms with Crippen LogP contribution in [0.1, 0.15) is 70.0 Å². The van der Waals surface area contributed by atoms with Crippen molar-refractivity contribution >= 4 is 5.82 Å². The summed E-state index contributed by atoms with van der Waals surface area (Å²) in [4.78, 5) is 9.48. The number of hydrogen-bond donors (Lipinski definition) is 1. The summed E-state index contributed by atoms with van der Waals surface area (Å²) in [5.74, 6) is 2.37. The van der Waals surface area contributed by atoms with Crippen molar-refractivity contribution in [1.29, 1.82) is 0 Å². The van der Waals surface area contributed by atoms with Gasteiger partial charge in [-0.25, -0.2) is 9.97 Å². The predicted octanol–water partition coefficient (Wildman–Crippen LogP) is 4.13. The zero-order valence-electron chi connectivity index (χ0n) is 13.7. The average molecular weight is 291 g/mol. The third kappa shape index (κ3) is 4.40. The van der Waals surface area contributed by atoms with Gasteiger partial charge in [0.15, 0.2) is 5.82 Å². The van der Waals surface area contributed by atoms with Crippen LogP contribution in [-0.2, 0) is 11.2 Å². The third-order valence-electron chi connectivity index (χ3n) is 4.25. The van der Waals surface area contributed by atoms with Crippen molar-refractivity contribution < 1.29 is 4.74 Å². The lowest BCUT2D eigenvalue weighted by Gasteiger charge is -2.28. The summed E-state index contributed by atoms with van der Waals surface area (Å²) in [5.41, 5.74) is 1.12. The van der Waals surface area contributed by atoms with E-state index in [0.29, 0.717) is 5.92 Å². The Kier molecular flexibility index (Phi) is 6.43. The molecule has 4 nitrogen and oxygen atoms in total. The fraction of sp³-hybridized carbons (Fsp3) is 0.765. The lowest BCUT2D eigenvalue weighted by Crippen LogP contribution is -2.21. The summed E-state index contributed by atoms with van der Waals surface area (Å²) in [7, 11) is 1.79. The zero-order valence-corrected chi connectivity index (χ0v) is 13.7. The maximum absolute atomic E-state index is 5.79. The Bertz CT molecular complexity index is 406. The fourth-order valence-corrected chi connectivity index (χ4v) is 3.25. The first-order chi connectivity index (χ1) is 10.3. The van der Waals surface area contributed by atoms with Gasteiger partial charge in [0.05, 0.1) is 0 Å². The van der Waals surface area contributed by atoms with Gasteiger partial charge in [0.25, 0.3) is 0 Å². The van der Waals surface area contributed by atoms with Gasteiger partial charge in [-0.1, -0.05) is 32.6 Å². The quantitative estimate of drug-likeness (QED) is 0.820. The van der Waals surface area contributed by atoms with Gasteiger partial charge >= 0.3 is 0 Å². The van der Waals surface area contributed by atoms with Gasteiger partial charge in [0.2, 0.25) is 0 Å². The minimum absolute atomic E-state index is 0.0412. The van der Waals surface area contributed by atoms with Gasteiger partial charge in [-0.3, -0.25) is 0 Å². The SMILES string of the molecule is CCCc1cc(NCC)nc(C(OC)C2CCCCC2)n1. The maximum Gasteiger partial charge on any atom is 0.159 e. The Labute approximate surface area is 128 Å². The Balaban J connectivity index is 2.25. The van der Waals surface area contributed by atoms with Crippen LogP contribution in [0.25, 0.3) is 0 Å². The van der Waals surface area contributed by atoms with E-state index in [-0.39, 0.29) is 6.10 Å². The van der Waals surface area contributed by atoms with Crippen LogP contribution in [-0.4, -0.2) is 23.6 Å². The second-order valence-electron chi connectivity index (χ2n) is 5.94.